The van der Waals surface area contributed by atoms with Gasteiger partial charge < -0.3 is 0 Å². The molecule has 2 aromatic carbocycles. The Balaban J connectivity index is 2.10. The van der Waals surface area contributed by atoms with Gasteiger partial charge in [-0.1, -0.05) is 58.4 Å². The van der Waals surface area contributed by atoms with Crippen molar-refractivity contribution in [3.8, 4) is 11.3 Å². The van der Waals surface area contributed by atoms with Gasteiger partial charge in [0, 0.05) is 17.1 Å². The smallest absolute Gasteiger partial charge is 0.0708 e. The largest absolute Gasteiger partial charge is 0.256 e. The number of nitrogens with zero attached hydrogens (tertiary/aromatic N) is 1. The van der Waals surface area contributed by atoms with Crippen molar-refractivity contribution in [1.29, 1.82) is 0 Å². The standard InChI is InChI=1S/C23H27N/c1-15(2)17-7-8-18-13-22(24-14-20(18)11-17)19-9-16(3)10-21(12-19)23(4,5)6/h7-15H,1-6H3. The Morgan fingerprint density at radius 1 is 0.875 bits per heavy atom. The second-order valence-electron chi connectivity index (χ2n) is 8.17. The maximum atomic E-state index is 4.74. The lowest BCUT2D eigenvalue weighted by atomic mass is 9.84. The Labute approximate surface area is 145 Å². The Kier molecular flexibility index (Phi) is 4.21. The van der Waals surface area contributed by atoms with Crippen molar-refractivity contribution < 1.29 is 0 Å². The summed E-state index contributed by atoms with van der Waals surface area (Å²) in [6.45, 7) is 13.4. The predicted molar refractivity (Wildman–Crippen MR) is 105 cm³/mol. The van der Waals surface area contributed by atoms with Crippen molar-refractivity contribution in [2.75, 3.05) is 0 Å². The van der Waals surface area contributed by atoms with E-state index < -0.39 is 0 Å². The fraction of sp³-hybridized carbons (Fsp3) is 0.348. The molecule has 0 saturated carbocycles. The molecule has 3 rings (SSSR count). The van der Waals surface area contributed by atoms with Gasteiger partial charge in [0.05, 0.1) is 5.69 Å². The van der Waals surface area contributed by atoms with E-state index in [1.807, 2.05) is 6.20 Å². The van der Waals surface area contributed by atoms with Gasteiger partial charge in [-0.25, -0.2) is 0 Å². The van der Waals surface area contributed by atoms with Crippen LogP contribution in [0.1, 0.15) is 57.2 Å². The van der Waals surface area contributed by atoms with Gasteiger partial charge in [0.25, 0.3) is 0 Å². The Morgan fingerprint density at radius 2 is 1.62 bits per heavy atom. The summed E-state index contributed by atoms with van der Waals surface area (Å²) in [5.74, 6) is 0.542. The number of aromatic nitrogens is 1. The number of pyridine rings is 1. The van der Waals surface area contributed by atoms with Gasteiger partial charge in [0.15, 0.2) is 0 Å². The number of rotatable bonds is 2. The number of fused-ring (bicyclic) bond motifs is 1. The average Bonchev–Trinajstić information content (AvgIpc) is 2.52. The third-order valence-electron chi connectivity index (χ3n) is 4.65. The Hall–Kier alpha value is -2.15. The molecular weight excluding hydrogens is 290 g/mol. The summed E-state index contributed by atoms with van der Waals surface area (Å²) in [6, 6.07) is 15.7. The van der Waals surface area contributed by atoms with E-state index in [4.69, 9.17) is 4.98 Å². The van der Waals surface area contributed by atoms with E-state index in [0.717, 1.165) is 5.69 Å². The molecule has 1 nitrogen and oxygen atoms in total. The van der Waals surface area contributed by atoms with E-state index in [9.17, 15) is 0 Å². The monoisotopic (exact) mass is 317 g/mol. The maximum Gasteiger partial charge on any atom is 0.0708 e. The summed E-state index contributed by atoms with van der Waals surface area (Å²) in [5.41, 5.74) is 6.40. The van der Waals surface area contributed by atoms with Crippen molar-refractivity contribution in [2.45, 2.75) is 52.9 Å². The molecule has 1 aromatic heterocycles. The first-order valence-electron chi connectivity index (χ1n) is 8.76. The molecule has 0 unspecified atom stereocenters. The van der Waals surface area contributed by atoms with Crippen molar-refractivity contribution >= 4 is 10.8 Å². The highest BCUT2D eigenvalue weighted by Crippen LogP contribution is 2.30. The van der Waals surface area contributed by atoms with Gasteiger partial charge in [0.1, 0.15) is 0 Å². The molecule has 0 aliphatic rings. The zero-order valence-corrected chi connectivity index (χ0v) is 15.6. The van der Waals surface area contributed by atoms with Gasteiger partial charge in [-0.15, -0.1) is 0 Å². The molecule has 0 spiro atoms. The van der Waals surface area contributed by atoms with Crippen LogP contribution in [0.2, 0.25) is 0 Å². The first kappa shape index (κ1) is 16.7. The van der Waals surface area contributed by atoms with Gasteiger partial charge in [-0.2, -0.15) is 0 Å². The summed E-state index contributed by atoms with van der Waals surface area (Å²) in [6.07, 6.45) is 2.01. The zero-order valence-electron chi connectivity index (χ0n) is 15.6. The summed E-state index contributed by atoms with van der Waals surface area (Å²) in [7, 11) is 0. The van der Waals surface area contributed by atoms with Crippen LogP contribution in [0.3, 0.4) is 0 Å². The van der Waals surface area contributed by atoms with Crippen LogP contribution in [0, 0.1) is 6.92 Å². The minimum absolute atomic E-state index is 0.143. The number of benzene rings is 2. The lowest BCUT2D eigenvalue weighted by Crippen LogP contribution is -2.11. The van der Waals surface area contributed by atoms with E-state index in [1.165, 1.54) is 33.0 Å². The van der Waals surface area contributed by atoms with Crippen molar-refractivity contribution in [3.63, 3.8) is 0 Å². The molecule has 3 aromatic rings. The highest BCUT2D eigenvalue weighted by Gasteiger charge is 2.15. The molecule has 0 bridgehead atoms. The van der Waals surface area contributed by atoms with Crippen LogP contribution < -0.4 is 0 Å². The first-order valence-corrected chi connectivity index (χ1v) is 8.76. The fourth-order valence-electron chi connectivity index (χ4n) is 3.04. The molecule has 0 N–H and O–H groups in total. The highest BCUT2D eigenvalue weighted by molar-refractivity contribution is 5.86. The predicted octanol–water partition coefficient (Wildman–Crippen LogP) is 6.63. The second-order valence-corrected chi connectivity index (χ2v) is 8.17. The van der Waals surface area contributed by atoms with Gasteiger partial charge >= 0.3 is 0 Å². The summed E-state index contributed by atoms with van der Waals surface area (Å²) in [4.78, 5) is 4.74. The Bertz CT molecular complexity index is 882. The van der Waals surface area contributed by atoms with Gasteiger partial charge in [-0.05, 0) is 59.0 Å². The van der Waals surface area contributed by atoms with E-state index in [1.54, 1.807) is 0 Å². The fourth-order valence-corrected chi connectivity index (χ4v) is 3.04. The minimum Gasteiger partial charge on any atom is -0.256 e. The van der Waals surface area contributed by atoms with Crippen molar-refractivity contribution in [1.82, 2.24) is 4.98 Å². The molecule has 0 amide bonds. The summed E-state index contributed by atoms with van der Waals surface area (Å²) in [5, 5.41) is 2.47. The molecule has 124 valence electrons. The SMILES string of the molecule is Cc1cc(-c2cc3ccc(C(C)C)cc3cn2)cc(C(C)(C)C)c1. The van der Waals surface area contributed by atoms with E-state index >= 15 is 0 Å². The molecule has 0 radical (unpaired) electrons. The van der Waals surface area contributed by atoms with E-state index in [-0.39, 0.29) is 5.41 Å². The average molecular weight is 317 g/mol. The molecule has 0 saturated heterocycles. The van der Waals surface area contributed by atoms with E-state index in [2.05, 4.69) is 84.0 Å². The second kappa shape index (κ2) is 6.05. The summed E-state index contributed by atoms with van der Waals surface area (Å²) < 4.78 is 0. The van der Waals surface area contributed by atoms with Crippen LogP contribution in [-0.2, 0) is 5.41 Å². The number of hydrogen-bond acceptors (Lipinski definition) is 1. The molecule has 0 fully saturated rings. The van der Waals surface area contributed by atoms with Crippen LogP contribution in [0.4, 0.5) is 0 Å². The quantitative estimate of drug-likeness (QED) is 0.517. The molecule has 24 heavy (non-hydrogen) atoms. The summed E-state index contributed by atoms with van der Waals surface area (Å²) >= 11 is 0. The first-order chi connectivity index (χ1) is 11.2. The number of hydrogen-bond donors (Lipinski definition) is 0. The normalized spacial score (nSPS) is 12.1. The van der Waals surface area contributed by atoms with Gasteiger partial charge in [0.2, 0.25) is 0 Å². The number of aryl methyl sites for hydroxylation is 1. The molecular formula is C23H27N. The van der Waals surface area contributed by atoms with Gasteiger partial charge in [-0.3, -0.25) is 4.98 Å². The maximum absolute atomic E-state index is 4.74. The molecule has 0 aliphatic heterocycles. The highest BCUT2D eigenvalue weighted by atomic mass is 14.7. The van der Waals surface area contributed by atoms with Crippen LogP contribution in [0.15, 0.2) is 48.7 Å². The third-order valence-corrected chi connectivity index (χ3v) is 4.65. The van der Waals surface area contributed by atoms with Crippen LogP contribution in [0.5, 0.6) is 0 Å². The zero-order chi connectivity index (χ0) is 17.5. The molecule has 1 heterocycles. The lowest BCUT2D eigenvalue weighted by molar-refractivity contribution is 0.590. The van der Waals surface area contributed by atoms with Crippen molar-refractivity contribution in [2.24, 2.45) is 0 Å². The molecule has 1 heteroatoms. The minimum atomic E-state index is 0.143. The molecule has 0 atom stereocenters. The molecule has 0 aliphatic carbocycles. The van der Waals surface area contributed by atoms with Crippen LogP contribution in [-0.4, -0.2) is 4.98 Å². The topological polar surface area (TPSA) is 12.9 Å². The van der Waals surface area contributed by atoms with E-state index in [0.29, 0.717) is 5.92 Å². The van der Waals surface area contributed by atoms with Crippen LogP contribution >= 0.6 is 0 Å². The van der Waals surface area contributed by atoms with Crippen LogP contribution in [0.25, 0.3) is 22.0 Å². The lowest BCUT2D eigenvalue weighted by Gasteiger charge is -2.20. The third kappa shape index (κ3) is 3.36. The van der Waals surface area contributed by atoms with Crippen molar-refractivity contribution in [3.05, 3.63) is 65.4 Å². The Morgan fingerprint density at radius 3 is 2.29 bits per heavy atom.